The van der Waals surface area contributed by atoms with Crippen LogP contribution in [0.2, 0.25) is 10.0 Å². The normalized spacial score (nSPS) is 16.7. The molecule has 2 N–H and O–H groups in total. The van der Waals surface area contributed by atoms with E-state index in [9.17, 15) is 8.42 Å². The fraction of sp³-hybridized carbons (Fsp3) is 0.160. The number of halogens is 2. The number of hydrogen-bond acceptors (Lipinski definition) is 3. The summed E-state index contributed by atoms with van der Waals surface area (Å²) < 4.78 is 30.3. The predicted molar refractivity (Wildman–Crippen MR) is 145 cm³/mol. The zero-order chi connectivity index (χ0) is 25.9. The Morgan fingerprint density at radius 1 is 0.972 bits per heavy atom. The standard InChI is InChI=1S/C25H24Cl2N6O2S/c1-32(2)24(28)29-25(31-36(34,35)21-14-12-20(27)13-15-21)33-16-22(17-6-4-3-5-7-17)23(30-33)18-8-10-19(26)11-9-18/h3-15,22H,16H2,1-2H3,(H2,28,29,31). The number of hydrogen-bond donors (Lipinski definition) is 1. The zero-order valence-electron chi connectivity index (χ0n) is 19.6. The quantitative estimate of drug-likeness (QED) is 0.388. The van der Waals surface area contributed by atoms with E-state index in [0.717, 1.165) is 16.8 Å². The van der Waals surface area contributed by atoms with E-state index in [1.807, 2.05) is 42.5 Å². The minimum absolute atomic E-state index is 0.0243. The number of guanidine groups is 2. The monoisotopic (exact) mass is 542 g/mol. The van der Waals surface area contributed by atoms with Crippen LogP contribution < -0.4 is 5.73 Å². The van der Waals surface area contributed by atoms with Gasteiger partial charge in [0.1, 0.15) is 0 Å². The van der Waals surface area contributed by atoms with Gasteiger partial charge in [-0.05, 0) is 47.5 Å². The van der Waals surface area contributed by atoms with E-state index < -0.39 is 10.0 Å². The summed E-state index contributed by atoms with van der Waals surface area (Å²) in [5.74, 6) is -0.251. The highest BCUT2D eigenvalue weighted by Crippen LogP contribution is 2.30. The van der Waals surface area contributed by atoms with Gasteiger partial charge in [-0.3, -0.25) is 0 Å². The third-order valence-corrected chi connectivity index (χ3v) is 7.25. The first-order valence-corrected chi connectivity index (χ1v) is 13.1. The lowest BCUT2D eigenvalue weighted by Gasteiger charge is -2.17. The maximum Gasteiger partial charge on any atom is 0.285 e. The van der Waals surface area contributed by atoms with Gasteiger partial charge in [0.05, 0.1) is 17.2 Å². The molecule has 0 bridgehead atoms. The fourth-order valence-electron chi connectivity index (χ4n) is 3.55. The fourth-order valence-corrected chi connectivity index (χ4v) is 4.74. The van der Waals surface area contributed by atoms with Crippen molar-refractivity contribution in [3.05, 3.63) is 100 Å². The van der Waals surface area contributed by atoms with Crippen LogP contribution in [-0.4, -0.2) is 56.6 Å². The second-order valence-electron chi connectivity index (χ2n) is 8.22. The van der Waals surface area contributed by atoms with Crippen molar-refractivity contribution in [2.24, 2.45) is 20.2 Å². The van der Waals surface area contributed by atoms with Gasteiger partial charge in [-0.2, -0.15) is 18.5 Å². The smallest absolute Gasteiger partial charge is 0.285 e. The molecular weight excluding hydrogens is 519 g/mol. The van der Waals surface area contributed by atoms with Crippen LogP contribution in [0.3, 0.4) is 0 Å². The third kappa shape index (κ3) is 5.87. The first kappa shape index (κ1) is 25.7. The second kappa shape index (κ2) is 10.7. The summed E-state index contributed by atoms with van der Waals surface area (Å²) in [6, 6.07) is 22.9. The molecule has 4 rings (SSSR count). The molecule has 0 aliphatic carbocycles. The van der Waals surface area contributed by atoms with Crippen molar-refractivity contribution in [3.63, 3.8) is 0 Å². The van der Waals surface area contributed by atoms with Crippen LogP contribution in [0.25, 0.3) is 0 Å². The molecule has 186 valence electrons. The summed E-state index contributed by atoms with van der Waals surface area (Å²) in [4.78, 5) is 5.85. The lowest BCUT2D eigenvalue weighted by Crippen LogP contribution is -2.34. The minimum Gasteiger partial charge on any atom is -0.369 e. The molecule has 0 spiro atoms. The summed E-state index contributed by atoms with van der Waals surface area (Å²) in [6.45, 7) is 0.307. The van der Waals surface area contributed by atoms with Crippen LogP contribution in [0.5, 0.6) is 0 Å². The molecule has 0 saturated heterocycles. The van der Waals surface area contributed by atoms with Crippen molar-refractivity contribution in [2.75, 3.05) is 20.6 Å². The van der Waals surface area contributed by atoms with Crippen molar-refractivity contribution < 1.29 is 8.42 Å². The van der Waals surface area contributed by atoms with Gasteiger partial charge in [-0.25, -0.2) is 5.01 Å². The van der Waals surface area contributed by atoms with Crippen LogP contribution in [0.1, 0.15) is 17.0 Å². The van der Waals surface area contributed by atoms with Crippen molar-refractivity contribution in [3.8, 4) is 0 Å². The summed E-state index contributed by atoms with van der Waals surface area (Å²) in [6.07, 6.45) is 0. The van der Waals surface area contributed by atoms with Gasteiger partial charge in [0, 0.05) is 30.1 Å². The highest BCUT2D eigenvalue weighted by atomic mass is 35.5. The lowest BCUT2D eigenvalue weighted by atomic mass is 9.91. The predicted octanol–water partition coefficient (Wildman–Crippen LogP) is 4.42. The average Bonchev–Trinajstić information content (AvgIpc) is 3.30. The average molecular weight is 543 g/mol. The van der Waals surface area contributed by atoms with Gasteiger partial charge in [0.15, 0.2) is 5.96 Å². The Balaban J connectivity index is 1.83. The van der Waals surface area contributed by atoms with Crippen molar-refractivity contribution in [2.45, 2.75) is 10.8 Å². The molecule has 0 saturated carbocycles. The zero-order valence-corrected chi connectivity index (χ0v) is 21.9. The summed E-state index contributed by atoms with van der Waals surface area (Å²) in [5.41, 5.74) is 8.65. The largest absolute Gasteiger partial charge is 0.369 e. The molecule has 1 aliphatic heterocycles. The Labute approximate surface area is 220 Å². The van der Waals surface area contributed by atoms with Crippen LogP contribution in [0, 0.1) is 0 Å². The molecule has 1 atom stereocenters. The number of rotatable bonds is 4. The van der Waals surface area contributed by atoms with Crippen LogP contribution >= 0.6 is 23.2 Å². The Kier molecular flexibility index (Phi) is 7.63. The number of sulfonamides is 1. The van der Waals surface area contributed by atoms with E-state index in [1.54, 1.807) is 31.1 Å². The number of aliphatic imine (C=N–C) groups is 1. The van der Waals surface area contributed by atoms with Crippen molar-refractivity contribution >= 4 is 50.9 Å². The number of nitrogens with zero attached hydrogens (tertiary/aromatic N) is 5. The molecule has 11 heteroatoms. The topological polar surface area (TPSA) is 104 Å². The molecule has 0 radical (unpaired) electrons. The van der Waals surface area contributed by atoms with Crippen LogP contribution in [0.15, 0.2) is 98.2 Å². The Morgan fingerprint density at radius 3 is 2.14 bits per heavy atom. The van der Waals surface area contributed by atoms with Gasteiger partial charge in [0.2, 0.25) is 0 Å². The van der Waals surface area contributed by atoms with E-state index in [-0.39, 0.29) is 22.7 Å². The van der Waals surface area contributed by atoms with Gasteiger partial charge in [0.25, 0.3) is 16.0 Å². The molecule has 1 aliphatic rings. The summed E-state index contributed by atoms with van der Waals surface area (Å²) in [5, 5.41) is 7.24. The third-order valence-electron chi connectivity index (χ3n) is 5.47. The lowest BCUT2D eigenvalue weighted by molar-refractivity contribution is 0.469. The first-order chi connectivity index (χ1) is 17.1. The molecule has 8 nitrogen and oxygen atoms in total. The Hall–Kier alpha value is -3.40. The molecule has 3 aromatic carbocycles. The molecule has 1 unspecified atom stereocenters. The van der Waals surface area contributed by atoms with Gasteiger partial charge in [-0.15, -0.1) is 4.40 Å². The minimum atomic E-state index is -4.14. The van der Waals surface area contributed by atoms with Crippen LogP contribution in [0.4, 0.5) is 0 Å². The maximum absolute atomic E-state index is 13.2. The number of benzene rings is 3. The Bertz CT molecular complexity index is 1420. The van der Waals surface area contributed by atoms with Crippen molar-refractivity contribution in [1.29, 1.82) is 0 Å². The molecule has 1 heterocycles. The number of hydrazone groups is 1. The molecular formula is C25H24Cl2N6O2S. The van der Waals surface area contributed by atoms with E-state index in [1.165, 1.54) is 29.3 Å². The molecule has 36 heavy (non-hydrogen) atoms. The van der Waals surface area contributed by atoms with Crippen molar-refractivity contribution in [1.82, 2.24) is 9.91 Å². The van der Waals surface area contributed by atoms with E-state index in [0.29, 0.717) is 16.6 Å². The van der Waals surface area contributed by atoms with E-state index >= 15 is 0 Å². The molecule has 0 amide bonds. The Morgan fingerprint density at radius 2 is 1.56 bits per heavy atom. The maximum atomic E-state index is 13.2. The first-order valence-electron chi connectivity index (χ1n) is 10.9. The van der Waals surface area contributed by atoms with Crippen LogP contribution in [-0.2, 0) is 10.0 Å². The molecule has 0 fully saturated rings. The van der Waals surface area contributed by atoms with Gasteiger partial charge in [-0.1, -0.05) is 65.7 Å². The van der Waals surface area contributed by atoms with E-state index in [4.69, 9.17) is 34.0 Å². The van der Waals surface area contributed by atoms with Gasteiger partial charge < -0.3 is 10.6 Å². The highest BCUT2D eigenvalue weighted by Gasteiger charge is 2.32. The molecule has 3 aromatic rings. The molecule has 0 aromatic heterocycles. The highest BCUT2D eigenvalue weighted by molar-refractivity contribution is 7.90. The van der Waals surface area contributed by atoms with Gasteiger partial charge >= 0.3 is 0 Å². The second-order valence-corrected chi connectivity index (χ2v) is 10.7. The van der Waals surface area contributed by atoms with E-state index in [2.05, 4.69) is 9.39 Å². The summed E-state index contributed by atoms with van der Waals surface area (Å²) in [7, 11) is -0.740. The number of nitrogens with two attached hydrogens (primary N) is 1. The summed E-state index contributed by atoms with van der Waals surface area (Å²) >= 11 is 12.0. The SMILES string of the molecule is CN(C)/C(N)=N\C(=N/S(=O)(=O)c1ccc(Cl)cc1)N1CC(c2ccccc2)C(c2ccc(Cl)cc2)=N1.